The van der Waals surface area contributed by atoms with Crippen LogP contribution in [0.25, 0.3) is 0 Å². The van der Waals surface area contributed by atoms with E-state index in [1.165, 1.54) is 20.8 Å². The van der Waals surface area contributed by atoms with Crippen molar-refractivity contribution in [2.75, 3.05) is 26.4 Å². The minimum absolute atomic E-state index is 0.00267. The quantitative estimate of drug-likeness (QED) is 0.0272. The summed E-state index contributed by atoms with van der Waals surface area (Å²) in [6.07, 6.45) is -45.7. The van der Waals surface area contributed by atoms with E-state index in [9.17, 15) is 92.2 Å². The molecule has 0 aliphatic carbocycles. The van der Waals surface area contributed by atoms with Crippen LogP contribution in [0.15, 0.2) is 66.7 Å². The van der Waals surface area contributed by atoms with Gasteiger partial charge in [-0.15, -0.1) is 6.07 Å². The zero-order valence-corrected chi connectivity index (χ0v) is 43.7. The molecule has 0 bridgehead atoms. The lowest BCUT2D eigenvalue weighted by atomic mass is 9.89. The number of rotatable bonds is 21. The molecule has 0 spiro atoms. The Balaban J connectivity index is 0.00000109. The third kappa shape index (κ3) is 18.3. The normalized spacial score (nSPS) is 15.4. The highest BCUT2D eigenvalue weighted by Crippen LogP contribution is 2.53. The Hall–Kier alpha value is -5.50. The molecule has 4 rings (SSSR count). The molecule has 0 saturated heterocycles. The van der Waals surface area contributed by atoms with Crippen molar-refractivity contribution in [3.8, 4) is 17.2 Å². The summed E-state index contributed by atoms with van der Waals surface area (Å²) in [5.74, 6) is -4.96. The standard InChI is InChI=1S/C42H47BF18NO6.C8H3F6/c1-8-12-62(24(5)63-13-9-2,25(6)64-14-10-3)36(7,65-15-11-4)35-33(42(59,60)61)22-30(41(56,57)58)23-34(35)68-43(66-31-18-26(37(44,45)46)16-27(19-31)38(47,48)49)67-32-20-28(39(50,51)52)17-29(21-32)40(53,54)55;9-7(10,11)5-2-1-3-6(4-5)8(12,13)14/h16-25H,8-15H2,1-7H3;2-4H/q+1;-1. The number of alkyl halides is 24. The highest BCUT2D eigenvalue weighted by atomic mass is 19.4. The summed E-state index contributed by atoms with van der Waals surface area (Å²) in [5, 5.41) is 0. The summed E-state index contributed by atoms with van der Waals surface area (Å²) >= 11 is 0. The number of hydrogen-bond acceptors (Lipinski definition) is 6. The number of nitrogens with zero attached hydrogens (tertiary/aromatic N) is 1. The van der Waals surface area contributed by atoms with Gasteiger partial charge in [0.2, 0.25) is 5.72 Å². The van der Waals surface area contributed by atoms with Crippen molar-refractivity contribution in [2.45, 2.75) is 142 Å². The van der Waals surface area contributed by atoms with E-state index in [2.05, 4.69) is 0 Å². The summed E-state index contributed by atoms with van der Waals surface area (Å²) in [6, 6.07) is 0.706. The van der Waals surface area contributed by atoms with Crippen LogP contribution in [0.4, 0.5) is 105 Å². The van der Waals surface area contributed by atoms with E-state index < -0.39 is 165 Å². The zero-order chi connectivity index (χ0) is 63.0. The maximum atomic E-state index is 15.6. The first-order valence-electron chi connectivity index (χ1n) is 24.0. The van der Waals surface area contributed by atoms with E-state index in [0.29, 0.717) is 25.0 Å². The van der Waals surface area contributed by atoms with E-state index in [-0.39, 0.29) is 75.1 Å². The van der Waals surface area contributed by atoms with Crippen LogP contribution >= 0.6 is 0 Å². The lowest BCUT2D eigenvalue weighted by Crippen LogP contribution is -2.72. The Morgan fingerprint density at radius 1 is 0.415 bits per heavy atom. The van der Waals surface area contributed by atoms with Gasteiger partial charge in [-0.25, -0.2) is 4.48 Å². The molecule has 0 aliphatic rings. The van der Waals surface area contributed by atoms with Crippen LogP contribution < -0.4 is 14.0 Å². The predicted octanol–water partition coefficient (Wildman–Crippen LogP) is 18.2. The average molecular weight is 1230 g/mol. The van der Waals surface area contributed by atoms with Crippen molar-refractivity contribution < 1.29 is 138 Å². The average Bonchev–Trinajstić information content (AvgIpc) is 2.47. The van der Waals surface area contributed by atoms with Gasteiger partial charge in [0.15, 0.2) is 12.5 Å². The third-order valence-corrected chi connectivity index (χ3v) is 11.9. The van der Waals surface area contributed by atoms with E-state index in [0.717, 1.165) is 6.92 Å². The van der Waals surface area contributed by atoms with Crippen LogP contribution in [0.2, 0.25) is 0 Å². The molecule has 0 N–H and O–H groups in total. The molecule has 0 amide bonds. The first kappa shape index (κ1) is 70.8. The molecule has 4 aromatic carbocycles. The molecule has 0 aromatic heterocycles. The van der Waals surface area contributed by atoms with Gasteiger partial charge in [0.05, 0.1) is 65.3 Å². The van der Waals surface area contributed by atoms with Gasteiger partial charge < -0.3 is 28.2 Å². The maximum absolute atomic E-state index is 15.6. The highest BCUT2D eigenvalue weighted by Gasteiger charge is 2.62. The molecular formula is C50H50BF24NO6. The molecule has 0 fully saturated rings. The number of quaternary nitrogens is 1. The third-order valence-electron chi connectivity index (χ3n) is 11.9. The van der Waals surface area contributed by atoms with E-state index in [1.54, 1.807) is 26.8 Å². The van der Waals surface area contributed by atoms with Crippen molar-refractivity contribution in [1.29, 1.82) is 0 Å². The van der Waals surface area contributed by atoms with Crippen LogP contribution in [-0.4, -0.2) is 50.6 Å². The minimum atomic E-state index is -5.85. The summed E-state index contributed by atoms with van der Waals surface area (Å²) in [6.45, 7) is 9.22. The lowest BCUT2D eigenvalue weighted by Gasteiger charge is -2.56. The van der Waals surface area contributed by atoms with Gasteiger partial charge >= 0.3 is 56.7 Å². The molecule has 0 aliphatic heterocycles. The van der Waals surface area contributed by atoms with Crippen molar-refractivity contribution in [1.82, 2.24) is 0 Å². The first-order valence-corrected chi connectivity index (χ1v) is 24.0. The van der Waals surface area contributed by atoms with Gasteiger partial charge in [0, 0.05) is 20.8 Å². The monoisotopic (exact) mass is 1230 g/mol. The van der Waals surface area contributed by atoms with Crippen molar-refractivity contribution in [3.63, 3.8) is 0 Å². The van der Waals surface area contributed by atoms with Crippen LogP contribution in [0, 0.1) is 6.07 Å². The summed E-state index contributed by atoms with van der Waals surface area (Å²) < 4.78 is 364. The fourth-order valence-corrected chi connectivity index (χ4v) is 8.24. The molecule has 3 unspecified atom stereocenters. The number of benzene rings is 4. The van der Waals surface area contributed by atoms with Crippen LogP contribution in [0.5, 0.6) is 17.2 Å². The lowest BCUT2D eigenvalue weighted by molar-refractivity contribution is -1.07. The molecule has 0 heterocycles. The van der Waals surface area contributed by atoms with Crippen molar-refractivity contribution >= 4 is 7.32 Å². The van der Waals surface area contributed by atoms with Crippen LogP contribution in [-0.2, 0) is 69.3 Å². The molecule has 82 heavy (non-hydrogen) atoms. The summed E-state index contributed by atoms with van der Waals surface area (Å²) in [4.78, 5) is 0. The molecule has 7 nitrogen and oxygen atoms in total. The molecular weight excluding hydrogens is 1180 g/mol. The zero-order valence-electron chi connectivity index (χ0n) is 43.7. The van der Waals surface area contributed by atoms with Crippen molar-refractivity contribution in [2.24, 2.45) is 0 Å². The molecule has 3 atom stereocenters. The Morgan fingerprint density at radius 3 is 1.05 bits per heavy atom. The SMILES string of the molecule is CCCOC(C)[N+](CCC)(C(C)OCCC)C(C)(OCCC)c1c(OB(Oc2cc(C(F)(F)F)cc(C(F)(F)F)c2)Oc2cc(C(F)(F)F)cc(C(F)(F)F)c2)cc(C(F)(F)F)cc1C(F)(F)F.FC(F)(F)c1c[c-]cc(C(F)(F)F)c1. The minimum Gasteiger partial charge on any atom is -0.490 e. The van der Waals surface area contributed by atoms with E-state index in [4.69, 9.17) is 28.2 Å². The number of hydrogen-bond donors (Lipinski definition) is 0. The second-order valence-electron chi connectivity index (χ2n) is 17.9. The highest BCUT2D eigenvalue weighted by molar-refractivity contribution is 6.39. The predicted molar refractivity (Wildman–Crippen MR) is 243 cm³/mol. The second-order valence-corrected chi connectivity index (χ2v) is 17.9. The molecule has 0 radical (unpaired) electrons. The van der Waals surface area contributed by atoms with E-state index in [1.807, 2.05) is 0 Å². The Labute approximate surface area is 453 Å². The maximum Gasteiger partial charge on any atom is 0.864 e. The fraction of sp³-hybridized carbons (Fsp3) is 0.520. The molecule has 32 heteroatoms. The smallest absolute Gasteiger partial charge is 0.490 e. The number of halogens is 24. The van der Waals surface area contributed by atoms with Gasteiger partial charge in [0.25, 0.3) is 0 Å². The van der Waals surface area contributed by atoms with Gasteiger partial charge in [-0.05, 0) is 74.2 Å². The van der Waals surface area contributed by atoms with Crippen LogP contribution in [0.3, 0.4) is 0 Å². The van der Waals surface area contributed by atoms with Gasteiger partial charge in [-0.2, -0.15) is 124 Å². The first-order chi connectivity index (χ1) is 37.2. The topological polar surface area (TPSA) is 55.4 Å². The second kappa shape index (κ2) is 26.6. The van der Waals surface area contributed by atoms with Gasteiger partial charge in [-0.1, -0.05) is 38.8 Å². The molecule has 0 saturated carbocycles. The Morgan fingerprint density at radius 2 is 0.744 bits per heavy atom. The summed E-state index contributed by atoms with van der Waals surface area (Å²) in [7, 11) is -3.42. The largest absolute Gasteiger partial charge is 0.864 e. The van der Waals surface area contributed by atoms with Gasteiger partial charge in [-0.3, -0.25) is 0 Å². The van der Waals surface area contributed by atoms with E-state index >= 15 is 13.2 Å². The Bertz CT molecular complexity index is 2510. The molecule has 462 valence electrons. The summed E-state index contributed by atoms with van der Waals surface area (Å²) in [5.41, 5.74) is -19.7. The fourth-order valence-electron chi connectivity index (χ4n) is 8.24. The number of ether oxygens (including phenoxy) is 3. The van der Waals surface area contributed by atoms with Gasteiger partial charge in [0.1, 0.15) is 17.2 Å². The Kier molecular flexibility index (Phi) is 23.0. The van der Waals surface area contributed by atoms with Crippen LogP contribution in [0.1, 0.15) is 124 Å². The van der Waals surface area contributed by atoms with Crippen molar-refractivity contribution in [3.05, 3.63) is 123 Å². The molecule has 4 aromatic rings.